The predicted molar refractivity (Wildman–Crippen MR) is 130 cm³/mol. The molecule has 162 valence electrons. The van der Waals surface area contributed by atoms with Crippen LogP contribution >= 0.6 is 11.8 Å². The van der Waals surface area contributed by atoms with Crippen molar-refractivity contribution in [1.29, 1.82) is 0 Å². The van der Waals surface area contributed by atoms with Gasteiger partial charge in [0.05, 0.1) is 5.52 Å². The summed E-state index contributed by atoms with van der Waals surface area (Å²) in [6.45, 7) is 1.97. The number of hydrogen-bond acceptors (Lipinski definition) is 8. The minimum Gasteiger partial charge on any atom is -0.377 e. The van der Waals surface area contributed by atoms with Gasteiger partial charge in [-0.1, -0.05) is 11.8 Å². The zero-order chi connectivity index (χ0) is 22.7. The molecule has 9 heteroatoms. The van der Waals surface area contributed by atoms with Crippen molar-refractivity contribution in [2.75, 3.05) is 35.9 Å². The lowest BCUT2D eigenvalue weighted by atomic mass is 10.1. The van der Waals surface area contributed by atoms with E-state index in [-0.39, 0.29) is 11.6 Å². The van der Waals surface area contributed by atoms with Crippen molar-refractivity contribution >= 4 is 51.5 Å². The highest BCUT2D eigenvalue weighted by Crippen LogP contribution is 2.28. The van der Waals surface area contributed by atoms with Crippen molar-refractivity contribution in [3.63, 3.8) is 0 Å². The minimum absolute atomic E-state index is 0.274. The summed E-state index contributed by atoms with van der Waals surface area (Å²) in [6, 6.07) is 13.0. The van der Waals surface area contributed by atoms with Gasteiger partial charge >= 0.3 is 0 Å². The molecular formula is C23H23N7OS. The van der Waals surface area contributed by atoms with Crippen LogP contribution in [0.25, 0.3) is 10.9 Å². The standard InChI is InChI=1S/C23H23N7OS/c1-14-11-20(30(2)3)17-12-16(5-6-18(17)25-14)27-22(31)19-13-21(29-23(28-19)32-4)26-15-7-9-24-10-8-15/h5-13H,1-4H3,(H,27,31)(H,24,26,28,29). The molecule has 0 aliphatic rings. The molecule has 1 aromatic carbocycles. The first kappa shape index (κ1) is 21.5. The number of pyridine rings is 2. The number of nitrogens with one attached hydrogen (secondary N) is 2. The number of hydrogen-bond donors (Lipinski definition) is 2. The first-order chi connectivity index (χ1) is 15.4. The summed E-state index contributed by atoms with van der Waals surface area (Å²) in [6.07, 6.45) is 5.24. The molecule has 3 aromatic heterocycles. The van der Waals surface area contributed by atoms with Crippen LogP contribution in [0.15, 0.2) is 60.0 Å². The lowest BCUT2D eigenvalue weighted by molar-refractivity contribution is 0.102. The fourth-order valence-electron chi connectivity index (χ4n) is 3.26. The highest BCUT2D eigenvalue weighted by Gasteiger charge is 2.14. The van der Waals surface area contributed by atoms with E-state index < -0.39 is 0 Å². The summed E-state index contributed by atoms with van der Waals surface area (Å²) in [5.41, 5.74) is 4.63. The zero-order valence-electron chi connectivity index (χ0n) is 18.2. The van der Waals surface area contributed by atoms with E-state index in [9.17, 15) is 4.79 Å². The quantitative estimate of drug-likeness (QED) is 0.331. The first-order valence-corrected chi connectivity index (χ1v) is 11.2. The van der Waals surface area contributed by atoms with E-state index in [4.69, 9.17) is 0 Å². The van der Waals surface area contributed by atoms with Gasteiger partial charge in [-0.3, -0.25) is 14.8 Å². The second kappa shape index (κ2) is 9.19. The Kier molecular flexibility index (Phi) is 6.18. The number of anilines is 4. The minimum atomic E-state index is -0.314. The monoisotopic (exact) mass is 445 g/mol. The van der Waals surface area contributed by atoms with E-state index in [2.05, 4.69) is 30.6 Å². The summed E-state index contributed by atoms with van der Waals surface area (Å²) in [4.78, 5) is 32.5. The molecule has 0 bridgehead atoms. The fourth-order valence-corrected chi connectivity index (χ4v) is 3.64. The lowest BCUT2D eigenvalue weighted by Crippen LogP contribution is -2.15. The van der Waals surface area contributed by atoms with Crippen LogP contribution in [0, 0.1) is 6.92 Å². The second-order valence-electron chi connectivity index (χ2n) is 7.35. The van der Waals surface area contributed by atoms with E-state index in [1.165, 1.54) is 11.8 Å². The molecule has 3 heterocycles. The smallest absolute Gasteiger partial charge is 0.274 e. The van der Waals surface area contributed by atoms with Gasteiger partial charge in [0.2, 0.25) is 0 Å². The molecule has 0 fully saturated rings. The Labute approximate surface area is 190 Å². The first-order valence-electron chi connectivity index (χ1n) is 9.93. The van der Waals surface area contributed by atoms with Crippen molar-refractivity contribution in [2.24, 2.45) is 0 Å². The molecule has 32 heavy (non-hydrogen) atoms. The van der Waals surface area contributed by atoms with Gasteiger partial charge in [0.1, 0.15) is 11.5 Å². The average Bonchev–Trinajstić information content (AvgIpc) is 2.79. The largest absolute Gasteiger partial charge is 0.377 e. The lowest BCUT2D eigenvalue weighted by Gasteiger charge is -2.17. The van der Waals surface area contributed by atoms with Crippen LogP contribution in [-0.2, 0) is 0 Å². The molecular weight excluding hydrogens is 422 g/mol. The maximum atomic E-state index is 13.0. The van der Waals surface area contributed by atoms with Gasteiger partial charge < -0.3 is 15.5 Å². The number of aromatic nitrogens is 4. The molecule has 4 rings (SSSR count). The molecule has 0 spiro atoms. The van der Waals surface area contributed by atoms with Gasteiger partial charge in [0.15, 0.2) is 5.16 Å². The Morgan fingerprint density at radius 2 is 1.75 bits per heavy atom. The van der Waals surface area contributed by atoms with E-state index in [1.807, 2.05) is 68.6 Å². The normalized spacial score (nSPS) is 10.8. The van der Waals surface area contributed by atoms with E-state index in [1.54, 1.807) is 18.5 Å². The van der Waals surface area contributed by atoms with Gasteiger partial charge in [0.25, 0.3) is 5.91 Å². The third kappa shape index (κ3) is 4.78. The number of rotatable bonds is 6. The molecule has 0 atom stereocenters. The molecule has 0 aliphatic heterocycles. The maximum absolute atomic E-state index is 13.0. The molecule has 0 radical (unpaired) electrons. The third-order valence-corrected chi connectivity index (χ3v) is 5.28. The van der Waals surface area contributed by atoms with Crippen LogP contribution in [0.1, 0.15) is 16.2 Å². The van der Waals surface area contributed by atoms with Crippen LogP contribution in [-0.4, -0.2) is 46.2 Å². The van der Waals surface area contributed by atoms with E-state index >= 15 is 0 Å². The topological polar surface area (TPSA) is 95.9 Å². The van der Waals surface area contributed by atoms with Gasteiger partial charge in [-0.25, -0.2) is 9.97 Å². The Hall–Kier alpha value is -3.72. The molecule has 0 aliphatic carbocycles. The number of fused-ring (bicyclic) bond motifs is 1. The van der Waals surface area contributed by atoms with Crippen molar-refractivity contribution in [3.8, 4) is 0 Å². The Morgan fingerprint density at radius 1 is 0.969 bits per heavy atom. The summed E-state index contributed by atoms with van der Waals surface area (Å²) < 4.78 is 0. The molecule has 4 aromatic rings. The number of thioether (sulfide) groups is 1. The predicted octanol–water partition coefficient (Wildman–Crippen LogP) is 4.51. The molecule has 8 nitrogen and oxygen atoms in total. The van der Waals surface area contributed by atoms with Crippen molar-refractivity contribution in [1.82, 2.24) is 19.9 Å². The van der Waals surface area contributed by atoms with Gasteiger partial charge in [-0.05, 0) is 49.6 Å². The fraction of sp³-hybridized carbons (Fsp3) is 0.174. The van der Waals surface area contributed by atoms with Gasteiger partial charge in [-0.2, -0.15) is 0 Å². The van der Waals surface area contributed by atoms with Crippen LogP contribution in [0.3, 0.4) is 0 Å². The SMILES string of the molecule is CSc1nc(Nc2ccncc2)cc(C(=O)Nc2ccc3nc(C)cc(N(C)C)c3c2)n1. The van der Waals surface area contributed by atoms with E-state index in [0.717, 1.165) is 28.0 Å². The Balaban J connectivity index is 1.63. The highest BCUT2D eigenvalue weighted by atomic mass is 32.2. The highest BCUT2D eigenvalue weighted by molar-refractivity contribution is 7.98. The number of carbonyl (C=O) groups is 1. The van der Waals surface area contributed by atoms with E-state index in [0.29, 0.717) is 16.7 Å². The number of nitrogens with zero attached hydrogens (tertiary/aromatic N) is 5. The number of aryl methyl sites for hydroxylation is 1. The van der Waals surface area contributed by atoms with Crippen LogP contribution < -0.4 is 15.5 Å². The van der Waals surface area contributed by atoms with Crippen LogP contribution in [0.4, 0.5) is 22.9 Å². The molecule has 0 saturated heterocycles. The van der Waals surface area contributed by atoms with Gasteiger partial charge in [0, 0.05) is 60.7 Å². The average molecular weight is 446 g/mol. The van der Waals surface area contributed by atoms with Crippen molar-refractivity contribution < 1.29 is 4.79 Å². The van der Waals surface area contributed by atoms with Crippen molar-refractivity contribution in [3.05, 3.63) is 66.2 Å². The van der Waals surface area contributed by atoms with Crippen LogP contribution in [0.5, 0.6) is 0 Å². The Morgan fingerprint density at radius 3 is 2.47 bits per heavy atom. The summed E-state index contributed by atoms with van der Waals surface area (Å²) >= 11 is 1.37. The molecule has 1 amide bonds. The summed E-state index contributed by atoms with van der Waals surface area (Å²) in [5.74, 6) is 0.222. The molecule has 0 saturated carbocycles. The number of benzene rings is 1. The van der Waals surface area contributed by atoms with Crippen molar-refractivity contribution in [2.45, 2.75) is 12.1 Å². The summed E-state index contributed by atoms with van der Waals surface area (Å²) in [5, 5.41) is 7.61. The molecule has 2 N–H and O–H groups in total. The number of carbonyl (C=O) groups excluding carboxylic acids is 1. The maximum Gasteiger partial charge on any atom is 0.274 e. The number of amides is 1. The molecule has 0 unspecified atom stereocenters. The zero-order valence-corrected chi connectivity index (χ0v) is 19.1. The van der Waals surface area contributed by atoms with Crippen LogP contribution in [0.2, 0.25) is 0 Å². The third-order valence-electron chi connectivity index (χ3n) is 4.73. The second-order valence-corrected chi connectivity index (χ2v) is 8.12. The summed E-state index contributed by atoms with van der Waals surface area (Å²) in [7, 11) is 3.98. The van der Waals surface area contributed by atoms with Gasteiger partial charge in [-0.15, -0.1) is 0 Å². The Bertz CT molecular complexity index is 1280.